The standard InChI is InChI=1S/C19H19Cl2N5O3/c20-14-5-6-16(28-11-12-3-1-2-4-15(12)21)13(9-14)10-23-7-8-24-19(27)17-18(22)26-29-25-17/h1-6,9,23H,7-8,10-11H2,(H2,22,26)(H,24,27). The highest BCUT2D eigenvalue weighted by Crippen LogP contribution is 2.25. The summed E-state index contributed by atoms with van der Waals surface area (Å²) in [6.45, 7) is 1.72. The van der Waals surface area contributed by atoms with E-state index in [0.717, 1.165) is 11.1 Å². The molecule has 2 aromatic carbocycles. The highest BCUT2D eigenvalue weighted by atomic mass is 35.5. The molecule has 0 saturated carbocycles. The fourth-order valence-corrected chi connectivity index (χ4v) is 2.91. The summed E-state index contributed by atoms with van der Waals surface area (Å²) in [6.07, 6.45) is 0. The molecule has 4 N–H and O–H groups in total. The predicted octanol–water partition coefficient (Wildman–Crippen LogP) is 3.06. The minimum atomic E-state index is -0.447. The number of nitrogen functional groups attached to an aromatic ring is 1. The Bertz CT molecular complexity index is 980. The van der Waals surface area contributed by atoms with Crippen LogP contribution in [0.5, 0.6) is 5.75 Å². The highest BCUT2D eigenvalue weighted by Gasteiger charge is 2.15. The number of hydrogen-bond acceptors (Lipinski definition) is 7. The van der Waals surface area contributed by atoms with Crippen molar-refractivity contribution in [2.75, 3.05) is 18.8 Å². The van der Waals surface area contributed by atoms with Crippen LogP contribution in [0.4, 0.5) is 5.82 Å². The van der Waals surface area contributed by atoms with Crippen LogP contribution in [0.3, 0.4) is 0 Å². The fourth-order valence-electron chi connectivity index (χ4n) is 2.52. The minimum Gasteiger partial charge on any atom is -0.489 e. The van der Waals surface area contributed by atoms with Gasteiger partial charge >= 0.3 is 0 Å². The SMILES string of the molecule is Nc1nonc1C(=O)NCCNCc1cc(Cl)ccc1OCc1ccccc1Cl. The van der Waals surface area contributed by atoms with Gasteiger partial charge in [-0.1, -0.05) is 41.4 Å². The van der Waals surface area contributed by atoms with Gasteiger partial charge in [-0.15, -0.1) is 0 Å². The van der Waals surface area contributed by atoms with E-state index in [4.69, 9.17) is 33.7 Å². The minimum absolute atomic E-state index is 0.0323. The van der Waals surface area contributed by atoms with E-state index in [1.165, 1.54) is 0 Å². The maximum Gasteiger partial charge on any atom is 0.277 e. The van der Waals surface area contributed by atoms with Crippen molar-refractivity contribution < 1.29 is 14.2 Å². The maximum absolute atomic E-state index is 11.9. The topological polar surface area (TPSA) is 115 Å². The first kappa shape index (κ1) is 20.9. The Kier molecular flexibility index (Phi) is 7.29. The van der Waals surface area contributed by atoms with Gasteiger partial charge in [-0.3, -0.25) is 4.79 Å². The Morgan fingerprint density at radius 3 is 2.69 bits per heavy atom. The fraction of sp³-hybridized carbons (Fsp3) is 0.211. The van der Waals surface area contributed by atoms with Crippen molar-refractivity contribution in [3.8, 4) is 5.75 Å². The highest BCUT2D eigenvalue weighted by molar-refractivity contribution is 6.31. The average Bonchev–Trinajstić information content (AvgIpc) is 3.14. The summed E-state index contributed by atoms with van der Waals surface area (Å²) >= 11 is 12.3. The predicted molar refractivity (Wildman–Crippen MR) is 110 cm³/mol. The van der Waals surface area contributed by atoms with Gasteiger partial charge in [0.1, 0.15) is 12.4 Å². The zero-order valence-electron chi connectivity index (χ0n) is 15.3. The molecule has 10 heteroatoms. The molecule has 0 bridgehead atoms. The molecule has 3 aromatic rings. The number of nitrogens with zero attached hydrogens (tertiary/aromatic N) is 2. The third-order valence-corrected chi connectivity index (χ3v) is 4.60. The van der Waals surface area contributed by atoms with Crippen LogP contribution in [-0.4, -0.2) is 29.3 Å². The number of hydrogen-bond donors (Lipinski definition) is 3. The van der Waals surface area contributed by atoms with Crippen molar-refractivity contribution in [2.24, 2.45) is 0 Å². The van der Waals surface area contributed by atoms with Crippen molar-refractivity contribution in [3.63, 3.8) is 0 Å². The number of anilines is 1. The lowest BCUT2D eigenvalue weighted by molar-refractivity contribution is 0.0944. The second kappa shape index (κ2) is 10.1. The Hall–Kier alpha value is -2.81. The van der Waals surface area contributed by atoms with Gasteiger partial charge in [-0.2, -0.15) is 0 Å². The van der Waals surface area contributed by atoms with E-state index in [-0.39, 0.29) is 11.5 Å². The number of rotatable bonds is 9. The molecule has 1 amide bonds. The number of carbonyl (C=O) groups is 1. The van der Waals surface area contributed by atoms with Crippen molar-refractivity contribution in [2.45, 2.75) is 13.2 Å². The quantitative estimate of drug-likeness (QED) is 0.442. The van der Waals surface area contributed by atoms with E-state index >= 15 is 0 Å². The lowest BCUT2D eigenvalue weighted by Crippen LogP contribution is -2.32. The molecule has 0 radical (unpaired) electrons. The molecule has 0 aliphatic rings. The Morgan fingerprint density at radius 2 is 1.93 bits per heavy atom. The number of carbonyl (C=O) groups excluding carboxylic acids is 1. The van der Waals surface area contributed by atoms with Crippen LogP contribution in [0.1, 0.15) is 21.6 Å². The van der Waals surface area contributed by atoms with Crippen molar-refractivity contribution >= 4 is 34.9 Å². The lowest BCUT2D eigenvalue weighted by atomic mass is 10.2. The largest absolute Gasteiger partial charge is 0.489 e. The number of nitrogens with two attached hydrogens (primary N) is 1. The van der Waals surface area contributed by atoms with Crippen LogP contribution in [0.15, 0.2) is 47.1 Å². The van der Waals surface area contributed by atoms with Gasteiger partial charge in [0.15, 0.2) is 0 Å². The van der Waals surface area contributed by atoms with E-state index in [1.54, 1.807) is 6.07 Å². The first-order valence-electron chi connectivity index (χ1n) is 8.76. The molecule has 29 heavy (non-hydrogen) atoms. The van der Waals surface area contributed by atoms with E-state index in [1.807, 2.05) is 36.4 Å². The number of nitrogens with one attached hydrogen (secondary N) is 2. The second-order valence-electron chi connectivity index (χ2n) is 6.06. The maximum atomic E-state index is 11.9. The first-order valence-corrected chi connectivity index (χ1v) is 9.52. The van der Waals surface area contributed by atoms with Gasteiger partial charge in [-0.05, 0) is 34.6 Å². The first-order chi connectivity index (χ1) is 14.0. The molecule has 0 atom stereocenters. The molecule has 152 valence electrons. The molecular weight excluding hydrogens is 417 g/mol. The summed E-state index contributed by atoms with van der Waals surface area (Å²) in [5, 5.41) is 14.0. The third kappa shape index (κ3) is 5.83. The van der Waals surface area contributed by atoms with Crippen molar-refractivity contribution in [1.82, 2.24) is 20.9 Å². The van der Waals surface area contributed by atoms with Crippen LogP contribution >= 0.6 is 23.2 Å². The third-order valence-electron chi connectivity index (χ3n) is 4.00. The van der Waals surface area contributed by atoms with Crippen molar-refractivity contribution in [1.29, 1.82) is 0 Å². The van der Waals surface area contributed by atoms with Gasteiger partial charge in [-0.25, -0.2) is 4.63 Å². The number of amides is 1. The van der Waals surface area contributed by atoms with E-state index in [2.05, 4.69) is 25.6 Å². The zero-order chi connectivity index (χ0) is 20.6. The second-order valence-corrected chi connectivity index (χ2v) is 6.91. The molecular formula is C19H19Cl2N5O3. The summed E-state index contributed by atoms with van der Waals surface area (Å²) in [4.78, 5) is 11.9. The monoisotopic (exact) mass is 435 g/mol. The van der Waals surface area contributed by atoms with Gasteiger partial charge in [0.05, 0.1) is 0 Å². The Morgan fingerprint density at radius 1 is 1.10 bits per heavy atom. The van der Waals surface area contributed by atoms with Gasteiger partial charge in [0.2, 0.25) is 11.5 Å². The summed E-state index contributed by atoms with van der Waals surface area (Å²) in [7, 11) is 0. The summed E-state index contributed by atoms with van der Waals surface area (Å²) in [5.74, 6) is 0.207. The van der Waals surface area contributed by atoms with Gasteiger partial charge in [0.25, 0.3) is 5.91 Å². The normalized spacial score (nSPS) is 10.7. The van der Waals surface area contributed by atoms with E-state index in [0.29, 0.717) is 42.0 Å². The summed E-state index contributed by atoms with van der Waals surface area (Å²) < 4.78 is 10.3. The lowest BCUT2D eigenvalue weighted by Gasteiger charge is -2.13. The molecule has 0 spiro atoms. The molecule has 1 aromatic heterocycles. The summed E-state index contributed by atoms with van der Waals surface area (Å²) in [6, 6.07) is 12.9. The molecule has 1 heterocycles. The number of ether oxygens (including phenoxy) is 1. The Labute approximate surface area is 177 Å². The molecule has 0 unspecified atom stereocenters. The van der Waals surface area contributed by atoms with Gasteiger partial charge in [0, 0.05) is 40.8 Å². The molecule has 0 aliphatic heterocycles. The van der Waals surface area contributed by atoms with Crippen LogP contribution in [0, 0.1) is 0 Å². The van der Waals surface area contributed by atoms with Crippen LogP contribution in [0.2, 0.25) is 10.0 Å². The molecule has 0 fully saturated rings. The number of aromatic nitrogens is 2. The average molecular weight is 436 g/mol. The number of halogens is 2. The van der Waals surface area contributed by atoms with E-state index in [9.17, 15) is 4.79 Å². The molecule has 3 rings (SSSR count). The van der Waals surface area contributed by atoms with Crippen molar-refractivity contribution in [3.05, 3.63) is 69.3 Å². The number of benzene rings is 2. The van der Waals surface area contributed by atoms with Gasteiger partial charge < -0.3 is 21.1 Å². The summed E-state index contributed by atoms with van der Waals surface area (Å²) in [5.41, 5.74) is 7.23. The zero-order valence-corrected chi connectivity index (χ0v) is 16.8. The molecule has 0 aliphatic carbocycles. The van der Waals surface area contributed by atoms with Crippen LogP contribution in [-0.2, 0) is 13.2 Å². The Balaban J connectivity index is 1.50. The smallest absolute Gasteiger partial charge is 0.277 e. The molecule has 0 saturated heterocycles. The molecule has 8 nitrogen and oxygen atoms in total. The van der Waals surface area contributed by atoms with E-state index < -0.39 is 5.91 Å². The van der Waals surface area contributed by atoms with Crippen LogP contribution in [0.25, 0.3) is 0 Å². The van der Waals surface area contributed by atoms with Crippen LogP contribution < -0.4 is 21.1 Å².